The smallest absolute Gasteiger partial charge is 0.331 e. The highest BCUT2D eigenvalue weighted by atomic mass is 127. The standard InChI is InChI=1S/C36H35IN2O7/c1-4-16-45-30-15-14-23(19-31(30)43-5-2)21-39-35(41)28(34(40)38-36(39)42)17-24-18-29(37)33(32(20-24)44-6-3)46-22-26-12-9-11-25-10-7-8-13-27(25)26/h7-15,17-20H,4-6,16,21-22H2,1-3H3,(H,38,40,42)/b28-17+. The third-order valence-electron chi connectivity index (χ3n) is 7.19. The molecule has 0 spiro atoms. The van der Waals surface area contributed by atoms with E-state index in [4.69, 9.17) is 18.9 Å². The number of ether oxygens (including phenoxy) is 4. The molecule has 238 valence electrons. The highest BCUT2D eigenvalue weighted by molar-refractivity contribution is 14.1. The quantitative estimate of drug-likeness (QED) is 0.0876. The van der Waals surface area contributed by atoms with Gasteiger partial charge in [0.05, 0.1) is 29.9 Å². The molecular formula is C36H35IN2O7. The molecule has 1 aliphatic rings. The van der Waals surface area contributed by atoms with Crippen LogP contribution in [0.25, 0.3) is 16.8 Å². The average molecular weight is 735 g/mol. The zero-order valence-corrected chi connectivity index (χ0v) is 28.1. The van der Waals surface area contributed by atoms with Gasteiger partial charge in [-0.1, -0.05) is 55.5 Å². The largest absolute Gasteiger partial charge is 0.490 e. The summed E-state index contributed by atoms with van der Waals surface area (Å²) >= 11 is 2.15. The molecule has 1 N–H and O–H groups in total. The number of amides is 4. The molecule has 46 heavy (non-hydrogen) atoms. The van der Waals surface area contributed by atoms with Gasteiger partial charge in [0.2, 0.25) is 0 Å². The van der Waals surface area contributed by atoms with Crippen LogP contribution in [0.2, 0.25) is 0 Å². The van der Waals surface area contributed by atoms with Crippen molar-refractivity contribution >= 4 is 57.3 Å². The first-order chi connectivity index (χ1) is 22.3. The Balaban J connectivity index is 1.39. The molecule has 1 aliphatic heterocycles. The number of nitrogens with zero attached hydrogens (tertiary/aromatic N) is 1. The van der Waals surface area contributed by atoms with Crippen LogP contribution in [0, 0.1) is 3.57 Å². The first kappa shape index (κ1) is 32.8. The van der Waals surface area contributed by atoms with Crippen molar-refractivity contribution in [1.29, 1.82) is 0 Å². The van der Waals surface area contributed by atoms with Crippen LogP contribution < -0.4 is 24.3 Å². The number of carbonyl (C=O) groups excluding carboxylic acids is 3. The Morgan fingerprint density at radius 3 is 2.35 bits per heavy atom. The highest BCUT2D eigenvalue weighted by Crippen LogP contribution is 2.36. The molecule has 0 radical (unpaired) electrons. The normalized spacial score (nSPS) is 14.0. The monoisotopic (exact) mass is 734 g/mol. The molecule has 0 unspecified atom stereocenters. The fraction of sp³-hybridized carbons (Fsp3) is 0.250. The lowest BCUT2D eigenvalue weighted by Gasteiger charge is -2.26. The van der Waals surface area contributed by atoms with Gasteiger partial charge in [0.15, 0.2) is 23.0 Å². The van der Waals surface area contributed by atoms with Gasteiger partial charge in [-0.05, 0) is 101 Å². The number of imide groups is 2. The van der Waals surface area contributed by atoms with Gasteiger partial charge in [0.25, 0.3) is 11.8 Å². The van der Waals surface area contributed by atoms with Gasteiger partial charge in [0.1, 0.15) is 12.2 Å². The van der Waals surface area contributed by atoms with Crippen LogP contribution in [0.5, 0.6) is 23.0 Å². The fourth-order valence-corrected chi connectivity index (χ4v) is 5.86. The van der Waals surface area contributed by atoms with Gasteiger partial charge in [0, 0.05) is 0 Å². The number of carbonyl (C=O) groups is 3. The van der Waals surface area contributed by atoms with E-state index in [1.54, 1.807) is 30.3 Å². The van der Waals surface area contributed by atoms with Crippen molar-refractivity contribution in [2.24, 2.45) is 0 Å². The molecule has 0 atom stereocenters. The third kappa shape index (κ3) is 7.44. The second kappa shape index (κ2) is 15.1. The maximum atomic E-state index is 13.6. The van der Waals surface area contributed by atoms with Gasteiger partial charge >= 0.3 is 6.03 Å². The minimum absolute atomic E-state index is 0.0634. The summed E-state index contributed by atoms with van der Waals surface area (Å²) in [5, 5.41) is 4.53. The summed E-state index contributed by atoms with van der Waals surface area (Å²) in [7, 11) is 0. The molecule has 0 saturated carbocycles. The van der Waals surface area contributed by atoms with Crippen molar-refractivity contribution in [2.75, 3.05) is 19.8 Å². The SMILES string of the molecule is CCCOc1ccc(CN2C(=O)NC(=O)/C(=C\c3cc(I)c(OCc4cccc5ccccc45)c(OCC)c3)C2=O)cc1OCC. The predicted molar refractivity (Wildman–Crippen MR) is 184 cm³/mol. The van der Waals surface area contributed by atoms with E-state index >= 15 is 0 Å². The fourth-order valence-electron chi connectivity index (χ4n) is 5.08. The first-order valence-corrected chi connectivity index (χ1v) is 16.2. The number of urea groups is 1. The van der Waals surface area contributed by atoms with Crippen LogP contribution in [0.1, 0.15) is 43.9 Å². The van der Waals surface area contributed by atoms with Gasteiger partial charge in [-0.3, -0.25) is 19.8 Å². The Morgan fingerprint density at radius 2 is 1.57 bits per heavy atom. The molecule has 4 aromatic carbocycles. The Labute approximate surface area is 281 Å². The van der Waals surface area contributed by atoms with Crippen LogP contribution in [0.3, 0.4) is 0 Å². The maximum Gasteiger partial charge on any atom is 0.331 e. The van der Waals surface area contributed by atoms with E-state index in [2.05, 4.69) is 46.1 Å². The summed E-state index contributed by atoms with van der Waals surface area (Å²) in [5.41, 5.74) is 2.06. The summed E-state index contributed by atoms with van der Waals surface area (Å²) in [5.74, 6) is 0.668. The van der Waals surface area contributed by atoms with E-state index in [0.717, 1.165) is 31.2 Å². The zero-order valence-electron chi connectivity index (χ0n) is 25.9. The Morgan fingerprint density at radius 1 is 0.804 bits per heavy atom. The van der Waals surface area contributed by atoms with E-state index < -0.39 is 17.8 Å². The molecule has 0 aromatic heterocycles. The molecule has 4 amide bonds. The van der Waals surface area contributed by atoms with Crippen LogP contribution in [0.4, 0.5) is 4.79 Å². The van der Waals surface area contributed by atoms with Crippen LogP contribution in [0.15, 0.2) is 78.4 Å². The Bertz CT molecular complexity index is 1800. The predicted octanol–water partition coefficient (Wildman–Crippen LogP) is 7.27. The van der Waals surface area contributed by atoms with Crippen molar-refractivity contribution in [3.05, 3.63) is 98.6 Å². The van der Waals surface area contributed by atoms with Gasteiger partial charge in [-0.25, -0.2) is 4.79 Å². The molecule has 4 aromatic rings. The minimum atomic E-state index is -0.793. The molecule has 1 saturated heterocycles. The average Bonchev–Trinajstić information content (AvgIpc) is 3.04. The van der Waals surface area contributed by atoms with Crippen LogP contribution in [-0.2, 0) is 22.7 Å². The number of nitrogens with one attached hydrogen (secondary N) is 1. The number of benzene rings is 4. The zero-order chi connectivity index (χ0) is 32.6. The Kier molecular flexibility index (Phi) is 10.8. The van der Waals surface area contributed by atoms with Crippen molar-refractivity contribution in [1.82, 2.24) is 10.2 Å². The Hall–Kier alpha value is -4.58. The summed E-state index contributed by atoms with van der Waals surface area (Å²) in [6, 6.07) is 22.2. The van der Waals surface area contributed by atoms with Crippen molar-refractivity contribution in [3.63, 3.8) is 0 Å². The highest BCUT2D eigenvalue weighted by Gasteiger charge is 2.36. The second-order valence-corrected chi connectivity index (χ2v) is 11.6. The van der Waals surface area contributed by atoms with Gasteiger partial charge in [-0.15, -0.1) is 0 Å². The number of fused-ring (bicyclic) bond motifs is 1. The summed E-state index contributed by atoms with van der Waals surface area (Å²) in [6.07, 6.45) is 2.30. The third-order valence-corrected chi connectivity index (χ3v) is 7.99. The number of rotatable bonds is 13. The number of barbiturate groups is 1. The van der Waals surface area contributed by atoms with Crippen molar-refractivity contribution < 1.29 is 33.3 Å². The van der Waals surface area contributed by atoms with Gasteiger partial charge < -0.3 is 18.9 Å². The first-order valence-electron chi connectivity index (χ1n) is 15.2. The number of halogens is 1. The second-order valence-electron chi connectivity index (χ2n) is 10.5. The maximum absolute atomic E-state index is 13.6. The van der Waals surface area contributed by atoms with E-state index in [0.29, 0.717) is 60.6 Å². The van der Waals surface area contributed by atoms with Crippen LogP contribution >= 0.6 is 22.6 Å². The van der Waals surface area contributed by atoms with E-state index in [9.17, 15) is 14.4 Å². The molecule has 1 heterocycles. The van der Waals surface area contributed by atoms with Crippen LogP contribution in [-0.4, -0.2) is 42.6 Å². The minimum Gasteiger partial charge on any atom is -0.490 e. The summed E-state index contributed by atoms with van der Waals surface area (Å²) < 4.78 is 24.4. The van der Waals surface area contributed by atoms with Crippen molar-refractivity contribution in [2.45, 2.75) is 40.3 Å². The molecule has 10 heteroatoms. The molecular weight excluding hydrogens is 699 g/mol. The van der Waals surface area contributed by atoms with Crippen molar-refractivity contribution in [3.8, 4) is 23.0 Å². The summed E-state index contributed by atoms with van der Waals surface area (Å²) in [6.45, 7) is 7.34. The molecule has 0 aliphatic carbocycles. The number of hydrogen-bond donors (Lipinski definition) is 1. The topological polar surface area (TPSA) is 103 Å². The van der Waals surface area contributed by atoms with Gasteiger partial charge in [-0.2, -0.15) is 0 Å². The summed E-state index contributed by atoms with van der Waals surface area (Å²) in [4.78, 5) is 40.3. The molecule has 1 fully saturated rings. The molecule has 5 rings (SSSR count). The van der Waals surface area contributed by atoms with E-state index in [1.165, 1.54) is 6.08 Å². The molecule has 0 bridgehead atoms. The lowest BCUT2D eigenvalue weighted by molar-refractivity contribution is -0.130. The lowest BCUT2D eigenvalue weighted by Crippen LogP contribution is -2.53. The lowest BCUT2D eigenvalue weighted by atomic mass is 10.1. The van der Waals surface area contributed by atoms with E-state index in [1.807, 2.05) is 45.0 Å². The van der Waals surface area contributed by atoms with E-state index in [-0.39, 0.29) is 12.1 Å². The number of hydrogen-bond acceptors (Lipinski definition) is 7. The molecule has 9 nitrogen and oxygen atoms in total.